The van der Waals surface area contributed by atoms with Gasteiger partial charge in [0.1, 0.15) is 0 Å². The van der Waals surface area contributed by atoms with Crippen LogP contribution in [0.25, 0.3) is 11.7 Å². The maximum absolute atomic E-state index is 12.9. The highest BCUT2D eigenvalue weighted by molar-refractivity contribution is 5.94. The third-order valence-corrected chi connectivity index (χ3v) is 5.50. The van der Waals surface area contributed by atoms with Crippen LogP contribution in [-0.4, -0.2) is 60.3 Å². The minimum Gasteiger partial charge on any atom is -0.459 e. The number of hydrogen-bond acceptors (Lipinski definition) is 7. The average Bonchev–Trinajstić information content (AvgIpc) is 3.55. The molecule has 1 unspecified atom stereocenters. The number of amides is 1. The zero-order valence-electron chi connectivity index (χ0n) is 16.0. The second kappa shape index (κ2) is 7.71. The molecule has 1 aromatic carbocycles. The molecular formula is C21H22N4O4. The molecular weight excluding hydrogens is 372 g/mol. The summed E-state index contributed by atoms with van der Waals surface area (Å²) in [5.74, 6) is 1.65. The third kappa shape index (κ3) is 3.63. The molecule has 1 atom stereocenters. The van der Waals surface area contributed by atoms with E-state index < -0.39 is 0 Å². The van der Waals surface area contributed by atoms with Gasteiger partial charge < -0.3 is 23.5 Å². The van der Waals surface area contributed by atoms with Crippen molar-refractivity contribution in [3.8, 4) is 11.7 Å². The van der Waals surface area contributed by atoms with E-state index >= 15 is 0 Å². The van der Waals surface area contributed by atoms with Crippen LogP contribution < -0.4 is 4.90 Å². The van der Waals surface area contributed by atoms with Crippen LogP contribution in [0.4, 0.5) is 5.69 Å². The fraction of sp³-hybridized carbons (Fsp3) is 0.381. The van der Waals surface area contributed by atoms with E-state index in [0.717, 1.165) is 38.4 Å². The van der Waals surface area contributed by atoms with Crippen LogP contribution in [0.1, 0.15) is 28.5 Å². The van der Waals surface area contributed by atoms with Crippen molar-refractivity contribution in [2.24, 2.45) is 0 Å². The first-order valence-corrected chi connectivity index (χ1v) is 9.87. The third-order valence-electron chi connectivity index (χ3n) is 5.50. The zero-order chi connectivity index (χ0) is 19.6. The van der Waals surface area contributed by atoms with Gasteiger partial charge in [0.2, 0.25) is 0 Å². The Hall–Kier alpha value is -3.13. The van der Waals surface area contributed by atoms with Crippen molar-refractivity contribution in [3.05, 3.63) is 54.0 Å². The van der Waals surface area contributed by atoms with Gasteiger partial charge in [0, 0.05) is 43.3 Å². The molecule has 0 aliphatic carbocycles. The highest BCUT2D eigenvalue weighted by atomic mass is 16.5. The van der Waals surface area contributed by atoms with Gasteiger partial charge in [-0.25, -0.2) is 0 Å². The van der Waals surface area contributed by atoms with E-state index in [1.165, 1.54) is 0 Å². The van der Waals surface area contributed by atoms with Gasteiger partial charge in [0.15, 0.2) is 11.6 Å². The summed E-state index contributed by atoms with van der Waals surface area (Å²) in [5.41, 5.74) is 1.83. The molecule has 8 nitrogen and oxygen atoms in total. The number of furan rings is 1. The van der Waals surface area contributed by atoms with Gasteiger partial charge >= 0.3 is 0 Å². The minimum absolute atomic E-state index is 0.0378. The summed E-state index contributed by atoms with van der Waals surface area (Å²) in [4.78, 5) is 21.5. The molecule has 2 aromatic heterocycles. The Morgan fingerprint density at radius 1 is 1.07 bits per heavy atom. The van der Waals surface area contributed by atoms with E-state index in [0.29, 0.717) is 36.1 Å². The fourth-order valence-corrected chi connectivity index (χ4v) is 3.88. The first-order valence-electron chi connectivity index (χ1n) is 9.87. The van der Waals surface area contributed by atoms with Gasteiger partial charge in [-0.05, 0) is 42.8 Å². The number of nitrogens with zero attached hydrogens (tertiary/aromatic N) is 4. The van der Waals surface area contributed by atoms with Crippen molar-refractivity contribution in [2.75, 3.05) is 44.3 Å². The molecule has 0 bridgehead atoms. The summed E-state index contributed by atoms with van der Waals surface area (Å²) in [7, 11) is 0. The molecule has 2 saturated heterocycles. The minimum atomic E-state index is 0.0378. The summed E-state index contributed by atoms with van der Waals surface area (Å²) in [5, 5.41) is 4.08. The predicted octanol–water partition coefficient (Wildman–Crippen LogP) is 2.80. The Morgan fingerprint density at radius 3 is 2.66 bits per heavy atom. The number of ether oxygens (including phenoxy) is 1. The Bertz CT molecular complexity index is 961. The van der Waals surface area contributed by atoms with Gasteiger partial charge in [-0.15, -0.1) is 0 Å². The van der Waals surface area contributed by atoms with Crippen LogP contribution in [0.15, 0.2) is 51.6 Å². The molecule has 0 N–H and O–H groups in total. The SMILES string of the molecule is O=C(c1ccc(N2CCOCC2)cc1)N1CCC(c2noc(-c3ccco3)n2)C1. The quantitative estimate of drug-likeness (QED) is 0.673. The van der Waals surface area contributed by atoms with Gasteiger partial charge in [-0.3, -0.25) is 4.79 Å². The van der Waals surface area contributed by atoms with Crippen LogP contribution in [0, 0.1) is 0 Å². The first-order chi connectivity index (χ1) is 14.3. The maximum atomic E-state index is 12.9. The second-order valence-corrected chi connectivity index (χ2v) is 7.32. The number of benzene rings is 1. The number of morpholine rings is 1. The van der Waals surface area contributed by atoms with E-state index in [2.05, 4.69) is 15.0 Å². The topological polar surface area (TPSA) is 84.8 Å². The average molecular weight is 394 g/mol. The van der Waals surface area contributed by atoms with Crippen LogP contribution in [-0.2, 0) is 4.74 Å². The van der Waals surface area contributed by atoms with E-state index in [1.54, 1.807) is 18.4 Å². The predicted molar refractivity (Wildman–Crippen MR) is 105 cm³/mol. The Balaban J connectivity index is 1.23. The number of likely N-dealkylation sites (tertiary alicyclic amines) is 1. The number of hydrogen-bond donors (Lipinski definition) is 0. The molecule has 3 aromatic rings. The molecule has 0 spiro atoms. The first kappa shape index (κ1) is 17.9. The summed E-state index contributed by atoms with van der Waals surface area (Å²) in [6.07, 6.45) is 2.38. The highest BCUT2D eigenvalue weighted by Gasteiger charge is 2.31. The van der Waals surface area contributed by atoms with Crippen LogP contribution in [0.5, 0.6) is 0 Å². The summed E-state index contributed by atoms with van der Waals surface area (Å²) < 4.78 is 16.0. The van der Waals surface area contributed by atoms with E-state index in [4.69, 9.17) is 13.7 Å². The summed E-state index contributed by atoms with van der Waals surface area (Å²) >= 11 is 0. The van der Waals surface area contributed by atoms with E-state index in [9.17, 15) is 4.79 Å². The molecule has 1 amide bonds. The molecule has 150 valence electrons. The van der Waals surface area contributed by atoms with Crippen LogP contribution in [0.2, 0.25) is 0 Å². The number of rotatable bonds is 4. The number of carbonyl (C=O) groups excluding carboxylic acids is 1. The molecule has 5 rings (SSSR count). The lowest BCUT2D eigenvalue weighted by atomic mass is 10.1. The normalized spacial score (nSPS) is 19.7. The smallest absolute Gasteiger partial charge is 0.293 e. The largest absolute Gasteiger partial charge is 0.459 e. The molecule has 4 heterocycles. The maximum Gasteiger partial charge on any atom is 0.293 e. The van der Waals surface area contributed by atoms with Gasteiger partial charge in [-0.2, -0.15) is 4.98 Å². The zero-order valence-corrected chi connectivity index (χ0v) is 16.0. The van der Waals surface area contributed by atoms with Crippen molar-refractivity contribution in [1.82, 2.24) is 15.0 Å². The van der Waals surface area contributed by atoms with Gasteiger partial charge in [0.05, 0.1) is 19.5 Å². The standard InChI is InChI=1S/C21H22N4O4/c26-21(15-3-5-17(6-4-15)24-9-12-27-13-10-24)25-8-7-16(14-25)19-22-20(29-23-19)18-2-1-11-28-18/h1-6,11,16H,7-10,12-14H2. The molecule has 2 aliphatic rings. The van der Waals surface area contributed by atoms with Gasteiger partial charge in [-0.1, -0.05) is 5.16 Å². The molecule has 2 aliphatic heterocycles. The lowest BCUT2D eigenvalue weighted by Crippen LogP contribution is -2.36. The Morgan fingerprint density at radius 2 is 1.90 bits per heavy atom. The van der Waals surface area contributed by atoms with Crippen LogP contribution in [0.3, 0.4) is 0 Å². The monoisotopic (exact) mass is 394 g/mol. The number of carbonyl (C=O) groups is 1. The highest BCUT2D eigenvalue weighted by Crippen LogP contribution is 2.28. The van der Waals surface area contributed by atoms with E-state index in [-0.39, 0.29) is 11.8 Å². The lowest BCUT2D eigenvalue weighted by molar-refractivity contribution is 0.0790. The van der Waals surface area contributed by atoms with E-state index in [1.807, 2.05) is 29.2 Å². The fourth-order valence-electron chi connectivity index (χ4n) is 3.88. The van der Waals surface area contributed by atoms with Crippen molar-refractivity contribution >= 4 is 11.6 Å². The van der Waals surface area contributed by atoms with Gasteiger partial charge in [0.25, 0.3) is 11.8 Å². The second-order valence-electron chi connectivity index (χ2n) is 7.32. The Labute approximate surface area is 168 Å². The van der Waals surface area contributed by atoms with Crippen molar-refractivity contribution in [3.63, 3.8) is 0 Å². The molecule has 2 fully saturated rings. The summed E-state index contributed by atoms with van der Waals surface area (Å²) in [6, 6.07) is 11.4. The van der Waals surface area contributed by atoms with Crippen molar-refractivity contribution in [2.45, 2.75) is 12.3 Å². The Kier molecular flexibility index (Phi) is 4.77. The molecule has 0 radical (unpaired) electrons. The molecule has 0 saturated carbocycles. The summed E-state index contributed by atoms with van der Waals surface area (Å²) in [6.45, 7) is 4.51. The molecule has 8 heteroatoms. The number of aromatic nitrogens is 2. The van der Waals surface area contributed by atoms with Crippen molar-refractivity contribution < 1.29 is 18.5 Å². The van der Waals surface area contributed by atoms with Crippen LogP contribution >= 0.6 is 0 Å². The lowest BCUT2D eigenvalue weighted by Gasteiger charge is -2.29. The number of anilines is 1. The van der Waals surface area contributed by atoms with Crippen molar-refractivity contribution in [1.29, 1.82) is 0 Å². The molecule has 29 heavy (non-hydrogen) atoms.